The third-order valence-electron chi connectivity index (χ3n) is 7.58. The molecule has 0 unspecified atom stereocenters. The molecule has 0 aliphatic carbocycles. The number of hydrogen-bond acceptors (Lipinski definition) is 10. The Morgan fingerprint density at radius 2 is 1.33 bits per heavy atom. The second-order valence-electron chi connectivity index (χ2n) is 10.4. The number of fused-ring (bicyclic) bond motifs is 3. The van der Waals surface area contributed by atoms with Gasteiger partial charge in [-0.3, -0.25) is 4.57 Å². The molecule has 0 radical (unpaired) electrons. The third kappa shape index (κ3) is 5.60. The van der Waals surface area contributed by atoms with Crippen LogP contribution in [0, 0.1) is 0 Å². The van der Waals surface area contributed by atoms with E-state index in [0.717, 1.165) is 10.2 Å². The van der Waals surface area contributed by atoms with Gasteiger partial charge >= 0.3 is 17.9 Å². The van der Waals surface area contributed by atoms with E-state index in [1.54, 1.807) is 95.6 Å². The number of rotatable bonds is 8. The van der Waals surface area contributed by atoms with Gasteiger partial charge in [0.25, 0.3) is 0 Å². The lowest BCUT2D eigenvalue weighted by Crippen LogP contribution is -2.41. The lowest BCUT2D eigenvalue weighted by molar-refractivity contribution is -0.0587. The van der Waals surface area contributed by atoms with Crippen molar-refractivity contribution in [1.82, 2.24) is 14.5 Å². The van der Waals surface area contributed by atoms with E-state index in [1.165, 1.54) is 17.7 Å². The van der Waals surface area contributed by atoms with Gasteiger partial charge < -0.3 is 18.9 Å². The fourth-order valence-electron chi connectivity index (χ4n) is 5.45. The summed E-state index contributed by atoms with van der Waals surface area (Å²) in [7, 11) is 0. The van der Waals surface area contributed by atoms with E-state index in [4.69, 9.17) is 30.5 Å². The van der Waals surface area contributed by atoms with Crippen LogP contribution in [-0.2, 0) is 18.9 Å². The number of benzene rings is 3. The minimum Gasteiger partial charge on any atom is -0.459 e. The average molecular weight is 654 g/mol. The van der Waals surface area contributed by atoms with Crippen LogP contribution in [0.3, 0.4) is 0 Å². The van der Waals surface area contributed by atoms with Gasteiger partial charge in [-0.25, -0.2) is 24.4 Å². The standard InChI is InChI=1S/C34H24ClN3O7S/c35-28-25-23-16-17-46-31(23)38(29(25)37-19-36-28)30-27(45-34(41)22-14-8-3-9-15-22)26(44-33(40)21-12-6-2-7-13-21)24(43-30)18-42-32(39)20-10-4-1-5-11-20/h1-17,19,24,26-27,30H,18H2/t24-,26-,27-,30-/m1/s1. The number of esters is 3. The number of nitrogens with zero attached hydrogens (tertiary/aromatic N) is 3. The Hall–Kier alpha value is -5.10. The number of carbonyl (C=O) groups is 3. The fraction of sp³-hybridized carbons (Fsp3) is 0.147. The van der Waals surface area contributed by atoms with Crippen LogP contribution in [0.15, 0.2) is 109 Å². The summed E-state index contributed by atoms with van der Waals surface area (Å²) in [4.78, 5) is 49.3. The number of thiophene rings is 1. The molecule has 0 saturated carbocycles. The quantitative estimate of drug-likeness (QED) is 0.103. The molecule has 7 rings (SSSR count). The molecule has 0 bridgehead atoms. The van der Waals surface area contributed by atoms with Gasteiger partial charge in [0.1, 0.15) is 34.7 Å². The van der Waals surface area contributed by atoms with Crippen molar-refractivity contribution in [2.75, 3.05) is 6.61 Å². The second-order valence-corrected chi connectivity index (χ2v) is 11.6. The highest BCUT2D eigenvalue weighted by Crippen LogP contribution is 2.43. The van der Waals surface area contributed by atoms with Gasteiger partial charge in [-0.1, -0.05) is 66.2 Å². The van der Waals surface area contributed by atoms with Gasteiger partial charge in [0.05, 0.1) is 22.1 Å². The van der Waals surface area contributed by atoms with Crippen LogP contribution >= 0.6 is 22.9 Å². The maximum Gasteiger partial charge on any atom is 0.338 e. The SMILES string of the molecule is O=C(OC[C@H]1O[C@@H](n2c3ncnc(Cl)c3c3ccsc32)[C@H](OC(=O)c2ccccc2)[C@@H]1OC(=O)c1ccccc1)c1ccccc1. The molecule has 1 aliphatic heterocycles. The predicted molar refractivity (Wildman–Crippen MR) is 170 cm³/mol. The summed E-state index contributed by atoms with van der Waals surface area (Å²) in [6, 6.07) is 27.2. The van der Waals surface area contributed by atoms with Crippen molar-refractivity contribution in [2.45, 2.75) is 24.5 Å². The minimum absolute atomic E-state index is 0.239. The van der Waals surface area contributed by atoms with Gasteiger partial charge in [0, 0.05) is 5.39 Å². The van der Waals surface area contributed by atoms with Crippen LogP contribution in [0.2, 0.25) is 5.15 Å². The van der Waals surface area contributed by atoms with Gasteiger partial charge in [0.2, 0.25) is 0 Å². The summed E-state index contributed by atoms with van der Waals surface area (Å²) in [5.74, 6) is -1.92. The summed E-state index contributed by atoms with van der Waals surface area (Å²) in [6.45, 7) is -0.307. The second kappa shape index (κ2) is 12.7. The summed E-state index contributed by atoms with van der Waals surface area (Å²) in [5, 5.41) is 3.49. The van der Waals surface area contributed by atoms with Gasteiger partial charge in [-0.2, -0.15) is 0 Å². The van der Waals surface area contributed by atoms with Crippen molar-refractivity contribution in [3.63, 3.8) is 0 Å². The van der Waals surface area contributed by atoms with Crippen molar-refractivity contribution >= 4 is 62.1 Å². The zero-order valence-corrected chi connectivity index (χ0v) is 25.5. The number of carbonyl (C=O) groups excluding carboxylic acids is 3. The normalized spacial score (nSPS) is 19.2. The van der Waals surface area contributed by atoms with Crippen LogP contribution in [0.25, 0.3) is 21.3 Å². The van der Waals surface area contributed by atoms with E-state index in [2.05, 4.69) is 9.97 Å². The van der Waals surface area contributed by atoms with Crippen molar-refractivity contribution < 1.29 is 33.3 Å². The Kier molecular flexibility index (Phi) is 8.18. The molecule has 4 heterocycles. The van der Waals surface area contributed by atoms with Crippen molar-refractivity contribution in [2.24, 2.45) is 0 Å². The molecule has 230 valence electrons. The van der Waals surface area contributed by atoms with E-state index in [0.29, 0.717) is 16.6 Å². The Bertz CT molecular complexity index is 2040. The van der Waals surface area contributed by atoms with E-state index < -0.39 is 42.4 Å². The maximum atomic E-state index is 13.5. The monoisotopic (exact) mass is 653 g/mol. The molecular formula is C34H24ClN3O7S. The summed E-state index contributed by atoms with van der Waals surface area (Å²) in [5.41, 5.74) is 1.34. The Balaban J connectivity index is 1.32. The molecule has 3 aromatic carbocycles. The molecule has 46 heavy (non-hydrogen) atoms. The Labute approximate surface area is 271 Å². The highest BCUT2D eigenvalue weighted by atomic mass is 35.5. The number of aromatic nitrogens is 3. The third-order valence-corrected chi connectivity index (χ3v) is 8.77. The largest absolute Gasteiger partial charge is 0.459 e. The highest BCUT2D eigenvalue weighted by molar-refractivity contribution is 7.17. The summed E-state index contributed by atoms with van der Waals surface area (Å²) < 4.78 is 26.2. The number of hydrogen-bond donors (Lipinski definition) is 0. The lowest BCUT2D eigenvalue weighted by atomic mass is 10.1. The smallest absolute Gasteiger partial charge is 0.338 e. The van der Waals surface area contributed by atoms with Gasteiger partial charge in [0.15, 0.2) is 18.4 Å². The molecule has 1 fully saturated rings. The molecule has 10 nitrogen and oxygen atoms in total. The fourth-order valence-corrected chi connectivity index (χ4v) is 6.61. The topological polar surface area (TPSA) is 119 Å². The maximum absolute atomic E-state index is 13.5. The first-order valence-corrected chi connectivity index (χ1v) is 15.5. The molecule has 3 aromatic heterocycles. The zero-order chi connectivity index (χ0) is 31.6. The number of halogens is 1. The first-order valence-electron chi connectivity index (χ1n) is 14.3. The zero-order valence-electron chi connectivity index (χ0n) is 23.9. The Morgan fingerprint density at radius 1 is 0.761 bits per heavy atom. The molecular weight excluding hydrogens is 630 g/mol. The van der Waals surface area contributed by atoms with Crippen molar-refractivity contribution in [3.8, 4) is 0 Å². The minimum atomic E-state index is -1.20. The first-order chi connectivity index (χ1) is 22.5. The van der Waals surface area contributed by atoms with Crippen LogP contribution in [0.1, 0.15) is 37.3 Å². The van der Waals surface area contributed by atoms with Crippen LogP contribution in [0.5, 0.6) is 0 Å². The predicted octanol–water partition coefficient (Wildman–Crippen LogP) is 6.51. The molecule has 12 heteroatoms. The van der Waals surface area contributed by atoms with E-state index in [1.807, 2.05) is 11.4 Å². The molecule has 0 N–H and O–H groups in total. The molecule has 6 aromatic rings. The summed E-state index contributed by atoms with van der Waals surface area (Å²) in [6.07, 6.45) is -3.17. The highest BCUT2D eigenvalue weighted by Gasteiger charge is 2.52. The summed E-state index contributed by atoms with van der Waals surface area (Å²) >= 11 is 7.94. The lowest BCUT2D eigenvalue weighted by Gasteiger charge is -2.25. The van der Waals surface area contributed by atoms with E-state index in [9.17, 15) is 14.4 Å². The number of ether oxygens (including phenoxy) is 4. The molecule has 0 spiro atoms. The van der Waals surface area contributed by atoms with Crippen molar-refractivity contribution in [1.29, 1.82) is 0 Å². The first kappa shape index (κ1) is 29.6. The average Bonchev–Trinajstić information content (AvgIpc) is 3.78. The van der Waals surface area contributed by atoms with Gasteiger partial charge in [-0.15, -0.1) is 11.3 Å². The molecule has 1 aliphatic rings. The molecule has 1 saturated heterocycles. The van der Waals surface area contributed by atoms with Crippen LogP contribution < -0.4 is 0 Å². The molecule has 0 amide bonds. The van der Waals surface area contributed by atoms with E-state index in [-0.39, 0.29) is 22.9 Å². The van der Waals surface area contributed by atoms with Crippen LogP contribution in [0.4, 0.5) is 0 Å². The van der Waals surface area contributed by atoms with Gasteiger partial charge in [-0.05, 0) is 47.8 Å². The van der Waals surface area contributed by atoms with Crippen LogP contribution in [-0.4, -0.2) is 57.4 Å². The van der Waals surface area contributed by atoms with Crippen molar-refractivity contribution in [3.05, 3.63) is 131 Å². The molecule has 4 atom stereocenters. The van der Waals surface area contributed by atoms with E-state index >= 15 is 0 Å². The Morgan fingerprint density at radius 3 is 1.93 bits per heavy atom.